The first-order valence-corrected chi connectivity index (χ1v) is 8.79. The van der Waals surface area contributed by atoms with Crippen molar-refractivity contribution in [2.24, 2.45) is 0 Å². The molecule has 4 nitrogen and oxygen atoms in total. The summed E-state index contributed by atoms with van der Waals surface area (Å²) in [5.74, 6) is 0.108. The highest BCUT2D eigenvalue weighted by molar-refractivity contribution is 7.16. The molecule has 2 aromatic carbocycles. The van der Waals surface area contributed by atoms with Gasteiger partial charge in [-0.2, -0.15) is 5.26 Å². The minimum Gasteiger partial charge on any atom is -0.384 e. The Hall–Kier alpha value is -3.30. The van der Waals surface area contributed by atoms with Gasteiger partial charge in [-0.3, -0.25) is 0 Å². The predicted molar refractivity (Wildman–Crippen MR) is 101 cm³/mol. The van der Waals surface area contributed by atoms with Crippen molar-refractivity contribution < 1.29 is 4.39 Å². The number of anilines is 1. The van der Waals surface area contributed by atoms with Crippen LogP contribution >= 0.6 is 11.3 Å². The van der Waals surface area contributed by atoms with E-state index in [0.717, 1.165) is 10.3 Å². The molecule has 0 aliphatic heterocycles. The summed E-state index contributed by atoms with van der Waals surface area (Å²) in [6.07, 6.45) is 2.06. The van der Waals surface area contributed by atoms with Gasteiger partial charge in [0.1, 0.15) is 11.6 Å². The number of thiazole rings is 1. The lowest BCUT2D eigenvalue weighted by Crippen LogP contribution is -1.98. The van der Waals surface area contributed by atoms with Gasteiger partial charge in [-0.1, -0.05) is 18.2 Å². The number of aromatic nitrogens is 2. The molecule has 6 heteroatoms. The zero-order chi connectivity index (χ0) is 18.1. The molecule has 0 atom stereocenters. The molecule has 0 bridgehead atoms. The normalized spacial score (nSPS) is 10.8. The number of rotatable bonds is 3. The van der Waals surface area contributed by atoms with Gasteiger partial charge in [0.2, 0.25) is 0 Å². The molecule has 0 saturated heterocycles. The lowest BCUT2D eigenvalue weighted by Gasteiger charge is -2.11. The maximum atomic E-state index is 15.4. The van der Waals surface area contributed by atoms with E-state index in [0.29, 0.717) is 40.0 Å². The first kappa shape index (κ1) is 16.2. The van der Waals surface area contributed by atoms with Crippen LogP contribution in [0.3, 0.4) is 0 Å². The van der Waals surface area contributed by atoms with Crippen LogP contribution in [-0.2, 0) is 6.42 Å². The Morgan fingerprint density at radius 3 is 2.81 bits per heavy atom. The minimum absolute atomic E-state index is 0.324. The van der Waals surface area contributed by atoms with E-state index in [9.17, 15) is 0 Å². The van der Waals surface area contributed by atoms with Crippen molar-refractivity contribution in [2.75, 3.05) is 5.73 Å². The molecule has 4 aromatic rings. The van der Waals surface area contributed by atoms with E-state index >= 15 is 4.39 Å². The number of hydrogen-bond acceptors (Lipinski definition) is 5. The van der Waals surface area contributed by atoms with Gasteiger partial charge in [0.25, 0.3) is 0 Å². The summed E-state index contributed by atoms with van der Waals surface area (Å²) in [4.78, 5) is 8.41. The summed E-state index contributed by atoms with van der Waals surface area (Å²) in [6.45, 7) is 0. The van der Waals surface area contributed by atoms with Crippen LogP contribution in [0.5, 0.6) is 0 Å². The van der Waals surface area contributed by atoms with Crippen LogP contribution in [0.15, 0.2) is 54.2 Å². The maximum absolute atomic E-state index is 15.4. The number of nitriles is 1. The highest BCUT2D eigenvalue weighted by Crippen LogP contribution is 2.35. The molecule has 2 heterocycles. The van der Waals surface area contributed by atoms with Crippen molar-refractivity contribution in [1.29, 1.82) is 5.26 Å². The molecule has 0 aliphatic rings. The molecule has 2 N–H and O–H groups in total. The third-order valence-corrected chi connectivity index (χ3v) is 4.94. The van der Waals surface area contributed by atoms with Gasteiger partial charge in [0.05, 0.1) is 27.4 Å². The molecule has 0 fully saturated rings. The molecular formula is C20H13FN4S. The maximum Gasteiger partial charge on any atom is 0.136 e. The third kappa shape index (κ3) is 2.89. The second-order valence-corrected chi connectivity index (χ2v) is 6.77. The molecular weight excluding hydrogens is 347 g/mol. The number of nitrogens with zero attached hydrogens (tertiary/aromatic N) is 3. The quantitative estimate of drug-likeness (QED) is 0.582. The molecule has 0 spiro atoms. The third-order valence-electron chi connectivity index (χ3n) is 4.16. The van der Waals surface area contributed by atoms with Gasteiger partial charge in [-0.25, -0.2) is 14.4 Å². The summed E-state index contributed by atoms with van der Waals surface area (Å²) in [5.41, 5.74) is 10.9. The van der Waals surface area contributed by atoms with Crippen LogP contribution in [0.1, 0.15) is 16.7 Å². The zero-order valence-electron chi connectivity index (χ0n) is 13.6. The average Bonchev–Trinajstić information content (AvgIpc) is 3.12. The Labute approximate surface area is 153 Å². The van der Waals surface area contributed by atoms with Crippen molar-refractivity contribution in [3.63, 3.8) is 0 Å². The first-order chi connectivity index (χ1) is 12.7. The van der Waals surface area contributed by atoms with Gasteiger partial charge in [-0.05, 0) is 41.0 Å². The molecule has 126 valence electrons. The highest BCUT2D eigenvalue weighted by atomic mass is 32.1. The van der Waals surface area contributed by atoms with E-state index in [1.165, 1.54) is 11.3 Å². The van der Waals surface area contributed by atoms with E-state index in [4.69, 9.17) is 11.0 Å². The molecule has 0 radical (unpaired) electrons. The summed E-state index contributed by atoms with van der Waals surface area (Å²) in [6, 6.07) is 14.4. The number of nitrogen functional groups attached to an aromatic ring is 1. The van der Waals surface area contributed by atoms with Crippen molar-refractivity contribution >= 4 is 27.4 Å². The highest BCUT2D eigenvalue weighted by Gasteiger charge is 2.18. The largest absolute Gasteiger partial charge is 0.384 e. The monoisotopic (exact) mass is 360 g/mol. The van der Waals surface area contributed by atoms with E-state index < -0.39 is 0 Å². The molecule has 0 unspecified atom stereocenters. The van der Waals surface area contributed by atoms with Crippen molar-refractivity contribution in [2.45, 2.75) is 6.42 Å². The van der Waals surface area contributed by atoms with Crippen LogP contribution in [0.2, 0.25) is 0 Å². The molecule has 2 aromatic heterocycles. The molecule has 0 aliphatic carbocycles. The topological polar surface area (TPSA) is 75.6 Å². The number of pyridine rings is 1. The van der Waals surface area contributed by atoms with Gasteiger partial charge < -0.3 is 5.73 Å². The van der Waals surface area contributed by atoms with Crippen LogP contribution in [-0.4, -0.2) is 9.97 Å². The SMILES string of the molecule is N#Cc1cccc(-c2c(F)c(Cc3ccc(N)nc3)cc3scnc23)c1. The molecule has 26 heavy (non-hydrogen) atoms. The summed E-state index contributed by atoms with van der Waals surface area (Å²) < 4.78 is 16.3. The number of fused-ring (bicyclic) bond motifs is 1. The van der Waals surface area contributed by atoms with Crippen molar-refractivity contribution in [3.8, 4) is 17.2 Å². The number of halogens is 1. The fourth-order valence-corrected chi connectivity index (χ4v) is 3.68. The Morgan fingerprint density at radius 1 is 1.15 bits per heavy atom. The predicted octanol–water partition coefficient (Wildman–Crippen LogP) is 4.54. The Balaban J connectivity index is 1.89. The fraction of sp³-hybridized carbons (Fsp3) is 0.0500. The zero-order valence-corrected chi connectivity index (χ0v) is 14.4. The Bertz CT molecular complexity index is 1140. The van der Waals surface area contributed by atoms with Crippen molar-refractivity contribution in [1.82, 2.24) is 9.97 Å². The number of nitrogens with two attached hydrogens (primary N) is 1. The van der Waals surface area contributed by atoms with Gasteiger partial charge in [-0.15, -0.1) is 11.3 Å². The first-order valence-electron chi connectivity index (χ1n) is 7.91. The smallest absolute Gasteiger partial charge is 0.136 e. The molecule has 0 saturated carbocycles. The minimum atomic E-state index is -0.324. The van der Waals surface area contributed by atoms with E-state index in [1.807, 2.05) is 12.1 Å². The van der Waals surface area contributed by atoms with Crippen molar-refractivity contribution in [3.05, 3.63) is 76.7 Å². The number of hydrogen-bond donors (Lipinski definition) is 1. The van der Waals surface area contributed by atoms with Gasteiger partial charge in [0, 0.05) is 18.2 Å². The van der Waals surface area contributed by atoms with Crippen LogP contribution in [0.25, 0.3) is 21.3 Å². The second kappa shape index (κ2) is 6.54. The van der Waals surface area contributed by atoms with Crippen LogP contribution in [0.4, 0.5) is 10.2 Å². The van der Waals surface area contributed by atoms with E-state index in [1.54, 1.807) is 42.0 Å². The lowest BCUT2D eigenvalue weighted by molar-refractivity contribution is 0.619. The van der Waals surface area contributed by atoms with E-state index in [2.05, 4.69) is 16.0 Å². The fourth-order valence-electron chi connectivity index (χ4n) is 2.93. The summed E-state index contributed by atoms with van der Waals surface area (Å²) in [7, 11) is 0. The Kier molecular flexibility index (Phi) is 4.07. The van der Waals surface area contributed by atoms with Crippen LogP contribution in [0, 0.1) is 17.1 Å². The van der Waals surface area contributed by atoms with E-state index in [-0.39, 0.29) is 5.82 Å². The average molecular weight is 360 g/mol. The van der Waals surface area contributed by atoms with Crippen LogP contribution < -0.4 is 5.73 Å². The Morgan fingerprint density at radius 2 is 2.04 bits per heavy atom. The standard InChI is InChI=1S/C20H13FN4S/c21-19-15(7-13-4-5-17(23)24-10-13)8-16-20(25-11-26-16)18(19)14-3-1-2-12(6-14)9-22/h1-6,8,10-11H,7H2,(H2,23,24). The van der Waals surface area contributed by atoms with Gasteiger partial charge in [0.15, 0.2) is 0 Å². The molecule has 0 amide bonds. The number of benzene rings is 2. The summed E-state index contributed by atoms with van der Waals surface area (Å²) >= 11 is 1.46. The van der Waals surface area contributed by atoms with Gasteiger partial charge >= 0.3 is 0 Å². The second-order valence-electron chi connectivity index (χ2n) is 5.88. The summed E-state index contributed by atoms with van der Waals surface area (Å²) in [5, 5.41) is 9.15. The lowest BCUT2D eigenvalue weighted by atomic mass is 9.96. The molecule has 4 rings (SSSR count).